The van der Waals surface area contributed by atoms with Crippen molar-refractivity contribution in [3.05, 3.63) is 59.2 Å². The first-order valence-electron chi connectivity index (χ1n) is 7.92. The molecule has 21 heavy (non-hydrogen) atoms. The Morgan fingerprint density at radius 3 is 3.05 bits per heavy atom. The SMILES string of the molecule is CCCNC1CCCc2cn(Cc3cccc(F)c3)cc21. The predicted molar refractivity (Wildman–Crippen MR) is 83.9 cm³/mol. The van der Waals surface area contributed by atoms with Gasteiger partial charge in [0, 0.05) is 25.0 Å². The fourth-order valence-electron chi connectivity index (χ4n) is 3.22. The monoisotopic (exact) mass is 286 g/mol. The minimum Gasteiger partial charge on any atom is -0.349 e. The molecule has 3 rings (SSSR count). The molecule has 1 atom stereocenters. The lowest BCUT2D eigenvalue weighted by atomic mass is 9.91. The third-order valence-corrected chi connectivity index (χ3v) is 4.21. The predicted octanol–water partition coefficient (Wildman–Crippen LogP) is 4.05. The highest BCUT2D eigenvalue weighted by atomic mass is 19.1. The zero-order valence-electron chi connectivity index (χ0n) is 12.6. The lowest BCUT2D eigenvalue weighted by molar-refractivity contribution is 0.462. The Kier molecular flexibility index (Phi) is 4.39. The maximum atomic E-state index is 13.3. The number of aryl methyl sites for hydroxylation is 1. The lowest BCUT2D eigenvalue weighted by Gasteiger charge is -2.23. The molecule has 0 spiro atoms. The van der Waals surface area contributed by atoms with Gasteiger partial charge in [-0.1, -0.05) is 19.1 Å². The Bertz CT molecular complexity index is 603. The van der Waals surface area contributed by atoms with Crippen LogP contribution >= 0.6 is 0 Å². The van der Waals surface area contributed by atoms with E-state index in [1.165, 1.54) is 30.0 Å². The number of halogens is 1. The van der Waals surface area contributed by atoms with Crippen LogP contribution < -0.4 is 5.32 Å². The maximum absolute atomic E-state index is 13.3. The van der Waals surface area contributed by atoms with Crippen molar-refractivity contribution in [3.8, 4) is 0 Å². The molecule has 0 bridgehead atoms. The first kappa shape index (κ1) is 14.3. The van der Waals surface area contributed by atoms with Crippen LogP contribution in [0.15, 0.2) is 36.7 Å². The number of hydrogen-bond donors (Lipinski definition) is 1. The molecule has 0 saturated carbocycles. The second-order valence-electron chi connectivity index (χ2n) is 5.94. The van der Waals surface area contributed by atoms with Crippen molar-refractivity contribution >= 4 is 0 Å². The summed E-state index contributed by atoms with van der Waals surface area (Å²) in [6.07, 6.45) is 9.27. The van der Waals surface area contributed by atoms with Crippen LogP contribution in [0, 0.1) is 5.82 Å². The van der Waals surface area contributed by atoms with Crippen LogP contribution in [-0.2, 0) is 13.0 Å². The Hall–Kier alpha value is -1.61. The number of fused-ring (bicyclic) bond motifs is 1. The van der Waals surface area contributed by atoms with Gasteiger partial charge in [-0.15, -0.1) is 0 Å². The average molecular weight is 286 g/mol. The summed E-state index contributed by atoms with van der Waals surface area (Å²) < 4.78 is 15.5. The molecule has 1 aromatic carbocycles. The van der Waals surface area contributed by atoms with Gasteiger partial charge in [0.2, 0.25) is 0 Å². The van der Waals surface area contributed by atoms with Crippen molar-refractivity contribution < 1.29 is 4.39 Å². The molecule has 1 aromatic heterocycles. The van der Waals surface area contributed by atoms with E-state index < -0.39 is 0 Å². The second-order valence-corrected chi connectivity index (χ2v) is 5.94. The summed E-state index contributed by atoms with van der Waals surface area (Å²) in [7, 11) is 0. The first-order chi connectivity index (χ1) is 10.3. The second kappa shape index (κ2) is 6.44. The van der Waals surface area contributed by atoms with Crippen LogP contribution in [0.1, 0.15) is 48.9 Å². The van der Waals surface area contributed by atoms with Crippen LogP contribution in [0.25, 0.3) is 0 Å². The van der Waals surface area contributed by atoms with Crippen molar-refractivity contribution in [3.63, 3.8) is 0 Å². The molecule has 0 amide bonds. The number of hydrogen-bond acceptors (Lipinski definition) is 1. The first-order valence-corrected chi connectivity index (χ1v) is 7.92. The van der Waals surface area contributed by atoms with Gasteiger partial charge >= 0.3 is 0 Å². The Morgan fingerprint density at radius 1 is 1.33 bits per heavy atom. The molecule has 3 heteroatoms. The van der Waals surface area contributed by atoms with E-state index >= 15 is 0 Å². The van der Waals surface area contributed by atoms with Gasteiger partial charge in [-0.05, 0) is 61.1 Å². The fraction of sp³-hybridized carbons (Fsp3) is 0.444. The minimum absolute atomic E-state index is 0.160. The Morgan fingerprint density at radius 2 is 2.24 bits per heavy atom. The third-order valence-electron chi connectivity index (χ3n) is 4.21. The highest BCUT2D eigenvalue weighted by Crippen LogP contribution is 2.30. The van der Waals surface area contributed by atoms with E-state index in [0.29, 0.717) is 6.04 Å². The molecule has 1 aliphatic rings. The zero-order chi connectivity index (χ0) is 14.7. The highest BCUT2D eigenvalue weighted by molar-refractivity contribution is 5.31. The van der Waals surface area contributed by atoms with Gasteiger partial charge in [0.15, 0.2) is 0 Å². The molecule has 112 valence electrons. The van der Waals surface area contributed by atoms with Crippen molar-refractivity contribution in [2.75, 3.05) is 6.54 Å². The smallest absolute Gasteiger partial charge is 0.123 e. The molecule has 0 fully saturated rings. The van der Waals surface area contributed by atoms with Crippen LogP contribution in [0.5, 0.6) is 0 Å². The van der Waals surface area contributed by atoms with E-state index in [9.17, 15) is 4.39 Å². The van der Waals surface area contributed by atoms with Crippen LogP contribution in [-0.4, -0.2) is 11.1 Å². The number of rotatable bonds is 5. The number of nitrogens with one attached hydrogen (secondary N) is 1. The molecule has 2 nitrogen and oxygen atoms in total. The van der Waals surface area contributed by atoms with E-state index in [1.807, 2.05) is 6.07 Å². The summed E-state index contributed by atoms with van der Waals surface area (Å²) in [4.78, 5) is 0. The Balaban J connectivity index is 1.78. The summed E-state index contributed by atoms with van der Waals surface area (Å²) in [5.41, 5.74) is 3.90. The molecule has 1 aliphatic carbocycles. The molecular weight excluding hydrogens is 263 g/mol. The quantitative estimate of drug-likeness (QED) is 0.877. The Labute approximate surface area is 126 Å². The van der Waals surface area contributed by atoms with Gasteiger partial charge in [0.25, 0.3) is 0 Å². The van der Waals surface area contributed by atoms with Gasteiger partial charge in [0.1, 0.15) is 5.82 Å². The third kappa shape index (κ3) is 3.35. The molecule has 1 unspecified atom stereocenters. The van der Waals surface area contributed by atoms with Gasteiger partial charge in [0.05, 0.1) is 0 Å². The van der Waals surface area contributed by atoms with E-state index in [2.05, 4.69) is 29.2 Å². The normalized spacial score (nSPS) is 17.7. The molecular formula is C18H23FN2. The van der Waals surface area contributed by atoms with Crippen molar-refractivity contribution in [1.82, 2.24) is 9.88 Å². The van der Waals surface area contributed by atoms with Crippen molar-refractivity contribution in [2.24, 2.45) is 0 Å². The summed E-state index contributed by atoms with van der Waals surface area (Å²) >= 11 is 0. The summed E-state index contributed by atoms with van der Waals surface area (Å²) in [5, 5.41) is 3.64. The van der Waals surface area contributed by atoms with Gasteiger partial charge in [-0.25, -0.2) is 4.39 Å². The average Bonchev–Trinajstić information content (AvgIpc) is 2.88. The lowest BCUT2D eigenvalue weighted by Crippen LogP contribution is -2.24. The molecule has 1 N–H and O–H groups in total. The summed E-state index contributed by atoms with van der Waals surface area (Å²) in [6.45, 7) is 4.01. The molecule has 1 heterocycles. The highest BCUT2D eigenvalue weighted by Gasteiger charge is 2.21. The number of nitrogens with zero attached hydrogens (tertiary/aromatic N) is 1. The number of benzene rings is 1. The van der Waals surface area contributed by atoms with Gasteiger partial charge in [-0.2, -0.15) is 0 Å². The van der Waals surface area contributed by atoms with Crippen LogP contribution in [0.2, 0.25) is 0 Å². The van der Waals surface area contributed by atoms with Crippen LogP contribution in [0.4, 0.5) is 4.39 Å². The molecule has 0 saturated heterocycles. The van der Waals surface area contributed by atoms with Gasteiger partial charge in [-0.3, -0.25) is 0 Å². The van der Waals surface area contributed by atoms with Gasteiger partial charge < -0.3 is 9.88 Å². The van der Waals surface area contributed by atoms with E-state index in [0.717, 1.165) is 31.5 Å². The van der Waals surface area contributed by atoms with Crippen molar-refractivity contribution in [1.29, 1.82) is 0 Å². The van der Waals surface area contributed by atoms with E-state index in [1.54, 1.807) is 12.1 Å². The topological polar surface area (TPSA) is 17.0 Å². The standard InChI is InChI=1S/C18H23FN2/c1-2-9-20-18-8-4-6-15-12-21(13-17(15)18)11-14-5-3-7-16(19)10-14/h3,5,7,10,12-13,18,20H,2,4,6,8-9,11H2,1H3. The van der Waals surface area contributed by atoms with Crippen LogP contribution in [0.3, 0.4) is 0 Å². The zero-order valence-corrected chi connectivity index (χ0v) is 12.6. The van der Waals surface area contributed by atoms with Crippen molar-refractivity contribution in [2.45, 2.75) is 45.2 Å². The minimum atomic E-state index is -0.160. The summed E-state index contributed by atoms with van der Waals surface area (Å²) in [6, 6.07) is 7.36. The van der Waals surface area contributed by atoms with E-state index in [-0.39, 0.29) is 5.82 Å². The maximum Gasteiger partial charge on any atom is 0.123 e. The van der Waals surface area contributed by atoms with E-state index in [4.69, 9.17) is 0 Å². The number of aromatic nitrogens is 1. The fourth-order valence-corrected chi connectivity index (χ4v) is 3.22. The molecule has 2 aromatic rings. The molecule has 0 radical (unpaired) electrons. The molecule has 0 aliphatic heterocycles. The summed E-state index contributed by atoms with van der Waals surface area (Å²) in [5.74, 6) is -0.160. The largest absolute Gasteiger partial charge is 0.349 e.